The lowest BCUT2D eigenvalue weighted by molar-refractivity contribution is -0.151. The molecule has 1 aromatic rings. The number of amides is 2. The first-order valence-corrected chi connectivity index (χ1v) is 10.6. The normalized spacial score (nSPS) is 21.9. The Morgan fingerprint density at radius 1 is 1.18 bits per heavy atom. The van der Waals surface area contributed by atoms with Gasteiger partial charge in [0.25, 0.3) is 0 Å². The topological polar surface area (TPSA) is 66.9 Å². The van der Waals surface area contributed by atoms with Crippen LogP contribution in [-0.4, -0.2) is 60.9 Å². The minimum absolute atomic E-state index is 0.0303. The van der Waals surface area contributed by atoms with E-state index in [1.165, 1.54) is 5.56 Å². The maximum atomic E-state index is 12.7. The standard InChI is InChI=1S/C21H27BrN2O4/c1-3-28-21(27)15-8-10-24(11-9-15)19(25)13-23(2)20(26)18-12-17(18)14-4-6-16(22)7-5-14/h4-7,15,17-18H,3,8-13H2,1-2H3. The van der Waals surface area contributed by atoms with E-state index in [-0.39, 0.29) is 42.1 Å². The molecule has 1 aliphatic heterocycles. The van der Waals surface area contributed by atoms with Crippen LogP contribution in [0.2, 0.25) is 0 Å². The second kappa shape index (κ2) is 9.07. The van der Waals surface area contributed by atoms with Crippen LogP contribution in [0.1, 0.15) is 37.7 Å². The Labute approximate surface area is 174 Å². The van der Waals surface area contributed by atoms with Crippen LogP contribution < -0.4 is 0 Å². The maximum absolute atomic E-state index is 12.7. The van der Waals surface area contributed by atoms with Gasteiger partial charge in [-0.15, -0.1) is 0 Å². The van der Waals surface area contributed by atoms with Crippen molar-refractivity contribution in [3.63, 3.8) is 0 Å². The molecule has 152 valence electrons. The molecule has 0 N–H and O–H groups in total. The number of hydrogen-bond donors (Lipinski definition) is 0. The highest BCUT2D eigenvalue weighted by Crippen LogP contribution is 2.48. The Morgan fingerprint density at radius 2 is 1.82 bits per heavy atom. The summed E-state index contributed by atoms with van der Waals surface area (Å²) in [5.41, 5.74) is 1.17. The first-order valence-electron chi connectivity index (χ1n) is 9.85. The third-order valence-electron chi connectivity index (χ3n) is 5.62. The quantitative estimate of drug-likeness (QED) is 0.624. The van der Waals surface area contributed by atoms with Gasteiger partial charge in [-0.2, -0.15) is 0 Å². The summed E-state index contributed by atoms with van der Waals surface area (Å²) in [7, 11) is 1.70. The molecular formula is C21H27BrN2O4. The summed E-state index contributed by atoms with van der Waals surface area (Å²) in [6, 6.07) is 8.06. The number of piperidine rings is 1. The minimum atomic E-state index is -0.172. The fourth-order valence-electron chi connectivity index (χ4n) is 3.83. The van der Waals surface area contributed by atoms with Gasteiger partial charge in [0.1, 0.15) is 0 Å². The summed E-state index contributed by atoms with van der Waals surface area (Å²) in [5.74, 6) is -0.107. The van der Waals surface area contributed by atoms with Crippen LogP contribution in [0.25, 0.3) is 0 Å². The molecule has 3 rings (SSSR count). The number of carbonyl (C=O) groups excluding carboxylic acids is 3. The van der Waals surface area contributed by atoms with E-state index in [1.807, 2.05) is 24.3 Å². The third kappa shape index (κ3) is 4.93. The van der Waals surface area contributed by atoms with Crippen molar-refractivity contribution in [1.82, 2.24) is 9.80 Å². The molecule has 1 saturated carbocycles. The lowest BCUT2D eigenvalue weighted by Crippen LogP contribution is -2.46. The molecule has 6 nitrogen and oxygen atoms in total. The van der Waals surface area contributed by atoms with E-state index in [2.05, 4.69) is 15.9 Å². The van der Waals surface area contributed by atoms with Gasteiger partial charge >= 0.3 is 5.97 Å². The summed E-state index contributed by atoms with van der Waals surface area (Å²) >= 11 is 3.42. The molecule has 7 heteroatoms. The van der Waals surface area contributed by atoms with Crippen molar-refractivity contribution in [2.75, 3.05) is 33.3 Å². The van der Waals surface area contributed by atoms with Crippen molar-refractivity contribution in [3.8, 4) is 0 Å². The van der Waals surface area contributed by atoms with Crippen LogP contribution in [-0.2, 0) is 19.1 Å². The van der Waals surface area contributed by atoms with E-state index in [0.717, 1.165) is 10.9 Å². The highest BCUT2D eigenvalue weighted by Gasteiger charge is 2.45. The minimum Gasteiger partial charge on any atom is -0.466 e. The Hall–Kier alpha value is -1.89. The summed E-state index contributed by atoms with van der Waals surface area (Å²) in [6.07, 6.45) is 2.08. The Morgan fingerprint density at radius 3 is 2.43 bits per heavy atom. The number of carbonyl (C=O) groups is 3. The van der Waals surface area contributed by atoms with Crippen LogP contribution in [0.4, 0.5) is 0 Å². The molecule has 0 radical (unpaired) electrons. The molecule has 0 spiro atoms. The summed E-state index contributed by atoms with van der Waals surface area (Å²) in [4.78, 5) is 40.3. The maximum Gasteiger partial charge on any atom is 0.309 e. The number of halogens is 1. The summed E-state index contributed by atoms with van der Waals surface area (Å²) < 4.78 is 6.08. The molecule has 2 amide bonds. The molecule has 28 heavy (non-hydrogen) atoms. The fourth-order valence-corrected chi connectivity index (χ4v) is 4.10. The lowest BCUT2D eigenvalue weighted by Gasteiger charge is -2.32. The molecule has 1 aromatic carbocycles. The van der Waals surface area contributed by atoms with Crippen molar-refractivity contribution in [2.24, 2.45) is 11.8 Å². The Bertz CT molecular complexity index is 728. The Kier molecular flexibility index (Phi) is 6.75. The average molecular weight is 451 g/mol. The largest absolute Gasteiger partial charge is 0.466 e. The number of ether oxygens (including phenoxy) is 1. The summed E-state index contributed by atoms with van der Waals surface area (Å²) in [6.45, 7) is 3.34. The summed E-state index contributed by atoms with van der Waals surface area (Å²) in [5, 5.41) is 0. The van der Waals surface area contributed by atoms with Gasteiger partial charge in [0.05, 0.1) is 19.1 Å². The predicted octanol–water partition coefficient (Wildman–Crippen LogP) is 2.81. The number of benzene rings is 1. The molecule has 1 aliphatic carbocycles. The van der Waals surface area contributed by atoms with Gasteiger partial charge in [-0.3, -0.25) is 14.4 Å². The fraction of sp³-hybridized carbons (Fsp3) is 0.571. The molecule has 0 bridgehead atoms. The molecule has 2 atom stereocenters. The van der Waals surface area contributed by atoms with E-state index >= 15 is 0 Å². The molecule has 1 heterocycles. The zero-order valence-electron chi connectivity index (χ0n) is 16.4. The van der Waals surface area contributed by atoms with Gasteiger partial charge < -0.3 is 14.5 Å². The van der Waals surface area contributed by atoms with Gasteiger partial charge in [-0.1, -0.05) is 28.1 Å². The molecule has 2 unspecified atom stereocenters. The van der Waals surface area contributed by atoms with Crippen molar-refractivity contribution in [2.45, 2.75) is 32.1 Å². The second-order valence-corrected chi connectivity index (χ2v) is 8.52. The van der Waals surface area contributed by atoms with Crippen LogP contribution in [0.15, 0.2) is 28.7 Å². The molecule has 2 fully saturated rings. The van der Waals surface area contributed by atoms with Crippen LogP contribution >= 0.6 is 15.9 Å². The van der Waals surface area contributed by atoms with Crippen molar-refractivity contribution >= 4 is 33.7 Å². The van der Waals surface area contributed by atoms with Crippen LogP contribution in [0.3, 0.4) is 0 Å². The lowest BCUT2D eigenvalue weighted by atomic mass is 9.97. The highest BCUT2D eigenvalue weighted by atomic mass is 79.9. The average Bonchev–Trinajstić information content (AvgIpc) is 3.49. The molecule has 0 aromatic heterocycles. The highest BCUT2D eigenvalue weighted by molar-refractivity contribution is 9.10. The van der Waals surface area contributed by atoms with Crippen LogP contribution in [0.5, 0.6) is 0 Å². The molecule has 1 saturated heterocycles. The molecular weight excluding hydrogens is 424 g/mol. The predicted molar refractivity (Wildman–Crippen MR) is 109 cm³/mol. The van der Waals surface area contributed by atoms with Gasteiger partial charge in [-0.05, 0) is 49.8 Å². The Balaban J connectivity index is 1.45. The number of likely N-dealkylation sites (N-methyl/N-ethyl adjacent to an activating group) is 1. The van der Waals surface area contributed by atoms with E-state index in [4.69, 9.17) is 4.74 Å². The smallest absolute Gasteiger partial charge is 0.309 e. The third-order valence-corrected chi connectivity index (χ3v) is 6.15. The SMILES string of the molecule is CCOC(=O)C1CCN(C(=O)CN(C)C(=O)C2CC2c2ccc(Br)cc2)CC1. The number of hydrogen-bond acceptors (Lipinski definition) is 4. The second-order valence-electron chi connectivity index (χ2n) is 7.60. The van der Waals surface area contributed by atoms with Crippen molar-refractivity contribution in [3.05, 3.63) is 34.3 Å². The van der Waals surface area contributed by atoms with Crippen molar-refractivity contribution in [1.29, 1.82) is 0 Å². The number of nitrogens with zero attached hydrogens (tertiary/aromatic N) is 2. The van der Waals surface area contributed by atoms with E-state index in [0.29, 0.717) is 32.5 Å². The molecule has 2 aliphatic rings. The van der Waals surface area contributed by atoms with Gasteiger partial charge in [-0.25, -0.2) is 0 Å². The van der Waals surface area contributed by atoms with Crippen LogP contribution in [0, 0.1) is 11.8 Å². The van der Waals surface area contributed by atoms with Crippen molar-refractivity contribution < 1.29 is 19.1 Å². The zero-order chi connectivity index (χ0) is 20.3. The number of esters is 1. The van der Waals surface area contributed by atoms with Gasteiger partial charge in [0, 0.05) is 30.5 Å². The van der Waals surface area contributed by atoms with Gasteiger partial charge in [0.15, 0.2) is 0 Å². The first kappa shape index (κ1) is 20.8. The number of rotatable bonds is 6. The zero-order valence-corrected chi connectivity index (χ0v) is 18.0. The monoisotopic (exact) mass is 450 g/mol. The van der Waals surface area contributed by atoms with Gasteiger partial charge in [0.2, 0.25) is 11.8 Å². The van der Waals surface area contributed by atoms with E-state index in [1.54, 1.807) is 23.8 Å². The number of likely N-dealkylation sites (tertiary alicyclic amines) is 1. The van der Waals surface area contributed by atoms with E-state index < -0.39 is 0 Å². The first-order chi connectivity index (χ1) is 13.4. The van der Waals surface area contributed by atoms with E-state index in [9.17, 15) is 14.4 Å².